The zero-order chi connectivity index (χ0) is 11.5. The molecule has 0 saturated carbocycles. The fraction of sp³-hybridized carbons (Fsp3) is 0.917. The lowest BCUT2D eigenvalue weighted by atomic mass is 10.2. The topological polar surface area (TPSA) is 32.3 Å². The van der Waals surface area contributed by atoms with Crippen LogP contribution >= 0.6 is 0 Å². The Morgan fingerprint density at radius 3 is 2.20 bits per heavy atom. The van der Waals surface area contributed by atoms with E-state index in [4.69, 9.17) is 0 Å². The number of rotatable bonds is 9. The standard InChI is InChI=1S/C12H26N2O/c1-4-14(5-2)11-9-7-6-8-10-13-12(3)15/h4-11H2,1-3H3,(H,13,15). The second-order valence-corrected chi connectivity index (χ2v) is 3.92. The molecule has 0 saturated heterocycles. The number of nitrogens with zero attached hydrogens (tertiary/aromatic N) is 1. The summed E-state index contributed by atoms with van der Waals surface area (Å²) in [7, 11) is 0. The van der Waals surface area contributed by atoms with Crippen molar-refractivity contribution in [2.75, 3.05) is 26.2 Å². The van der Waals surface area contributed by atoms with Crippen molar-refractivity contribution in [3.05, 3.63) is 0 Å². The van der Waals surface area contributed by atoms with E-state index in [2.05, 4.69) is 24.1 Å². The normalized spacial score (nSPS) is 10.7. The Balaban J connectivity index is 3.14. The van der Waals surface area contributed by atoms with Crippen LogP contribution in [0.25, 0.3) is 0 Å². The summed E-state index contributed by atoms with van der Waals surface area (Å²) in [6.07, 6.45) is 4.89. The third-order valence-corrected chi connectivity index (χ3v) is 2.67. The highest BCUT2D eigenvalue weighted by atomic mass is 16.1. The van der Waals surface area contributed by atoms with E-state index < -0.39 is 0 Å². The van der Waals surface area contributed by atoms with Gasteiger partial charge in [-0.25, -0.2) is 0 Å². The van der Waals surface area contributed by atoms with Gasteiger partial charge in [-0.15, -0.1) is 0 Å². The fourth-order valence-electron chi connectivity index (χ4n) is 1.62. The Kier molecular flexibility index (Phi) is 9.59. The summed E-state index contributed by atoms with van der Waals surface area (Å²) in [5.41, 5.74) is 0. The first kappa shape index (κ1) is 14.4. The lowest BCUT2D eigenvalue weighted by Gasteiger charge is -2.17. The van der Waals surface area contributed by atoms with Crippen molar-refractivity contribution >= 4 is 5.91 Å². The molecule has 15 heavy (non-hydrogen) atoms. The molecule has 1 amide bonds. The molecule has 1 N–H and O–H groups in total. The van der Waals surface area contributed by atoms with Crippen LogP contribution in [0.5, 0.6) is 0 Å². The highest BCUT2D eigenvalue weighted by molar-refractivity contribution is 5.72. The molecule has 0 bridgehead atoms. The molecule has 0 aliphatic carbocycles. The number of hydrogen-bond donors (Lipinski definition) is 1. The largest absolute Gasteiger partial charge is 0.356 e. The third kappa shape index (κ3) is 9.73. The van der Waals surface area contributed by atoms with Crippen LogP contribution in [-0.4, -0.2) is 37.0 Å². The van der Waals surface area contributed by atoms with Gasteiger partial charge in [-0.1, -0.05) is 26.7 Å². The average molecular weight is 214 g/mol. The Labute approximate surface area is 94.2 Å². The van der Waals surface area contributed by atoms with Crippen LogP contribution in [-0.2, 0) is 4.79 Å². The van der Waals surface area contributed by atoms with Gasteiger partial charge in [-0.05, 0) is 32.5 Å². The maximum absolute atomic E-state index is 10.6. The fourth-order valence-corrected chi connectivity index (χ4v) is 1.62. The molecule has 0 unspecified atom stereocenters. The van der Waals surface area contributed by atoms with Crippen molar-refractivity contribution in [3.63, 3.8) is 0 Å². The van der Waals surface area contributed by atoms with Crippen molar-refractivity contribution in [2.45, 2.75) is 46.5 Å². The minimum atomic E-state index is 0.0816. The number of carbonyl (C=O) groups is 1. The van der Waals surface area contributed by atoms with Gasteiger partial charge in [0.25, 0.3) is 0 Å². The van der Waals surface area contributed by atoms with Crippen molar-refractivity contribution in [1.82, 2.24) is 10.2 Å². The minimum Gasteiger partial charge on any atom is -0.356 e. The van der Waals surface area contributed by atoms with Gasteiger partial charge in [0, 0.05) is 13.5 Å². The molecule has 90 valence electrons. The molecule has 0 aliphatic rings. The molecule has 3 heteroatoms. The first-order chi connectivity index (χ1) is 7.20. The number of unbranched alkanes of at least 4 members (excludes halogenated alkanes) is 3. The average Bonchev–Trinajstić information content (AvgIpc) is 2.22. The molecule has 0 aliphatic heterocycles. The van der Waals surface area contributed by atoms with Gasteiger partial charge >= 0.3 is 0 Å². The summed E-state index contributed by atoms with van der Waals surface area (Å²) >= 11 is 0. The van der Waals surface area contributed by atoms with Crippen LogP contribution in [0.3, 0.4) is 0 Å². The summed E-state index contributed by atoms with van der Waals surface area (Å²) in [5, 5.41) is 2.82. The van der Waals surface area contributed by atoms with E-state index in [1.54, 1.807) is 6.92 Å². The van der Waals surface area contributed by atoms with Gasteiger partial charge in [-0.3, -0.25) is 4.79 Å². The highest BCUT2D eigenvalue weighted by Gasteiger charge is 1.98. The van der Waals surface area contributed by atoms with E-state index in [-0.39, 0.29) is 5.91 Å². The van der Waals surface area contributed by atoms with E-state index in [0.29, 0.717) is 0 Å². The molecular weight excluding hydrogens is 188 g/mol. The Morgan fingerprint density at radius 2 is 1.67 bits per heavy atom. The predicted octanol–water partition coefficient (Wildman–Crippen LogP) is 2.02. The summed E-state index contributed by atoms with van der Waals surface area (Å²) in [6.45, 7) is 10.3. The Hall–Kier alpha value is -0.570. The zero-order valence-electron chi connectivity index (χ0n) is 10.5. The molecule has 0 heterocycles. The Bertz CT molecular complexity index is 156. The van der Waals surface area contributed by atoms with Crippen LogP contribution in [0.2, 0.25) is 0 Å². The van der Waals surface area contributed by atoms with Crippen molar-refractivity contribution in [2.24, 2.45) is 0 Å². The lowest BCUT2D eigenvalue weighted by Crippen LogP contribution is -2.24. The van der Waals surface area contributed by atoms with Crippen molar-refractivity contribution in [1.29, 1.82) is 0 Å². The molecule has 0 aromatic rings. The molecule has 0 spiro atoms. The van der Waals surface area contributed by atoms with E-state index in [1.165, 1.54) is 25.8 Å². The molecule has 0 radical (unpaired) electrons. The van der Waals surface area contributed by atoms with Gasteiger partial charge in [-0.2, -0.15) is 0 Å². The number of amides is 1. The number of nitrogens with one attached hydrogen (secondary N) is 1. The maximum atomic E-state index is 10.6. The second-order valence-electron chi connectivity index (χ2n) is 3.92. The smallest absolute Gasteiger partial charge is 0.216 e. The van der Waals surface area contributed by atoms with E-state index in [0.717, 1.165) is 26.1 Å². The molecule has 0 aromatic carbocycles. The lowest BCUT2D eigenvalue weighted by molar-refractivity contribution is -0.118. The Morgan fingerprint density at radius 1 is 1.07 bits per heavy atom. The zero-order valence-corrected chi connectivity index (χ0v) is 10.5. The highest BCUT2D eigenvalue weighted by Crippen LogP contribution is 2.01. The molecule has 0 atom stereocenters. The van der Waals surface area contributed by atoms with Gasteiger partial charge in [0.1, 0.15) is 0 Å². The van der Waals surface area contributed by atoms with E-state index >= 15 is 0 Å². The SMILES string of the molecule is CCN(CC)CCCCCCNC(C)=O. The molecule has 0 fully saturated rings. The maximum Gasteiger partial charge on any atom is 0.216 e. The van der Waals surface area contributed by atoms with Crippen molar-refractivity contribution in [3.8, 4) is 0 Å². The van der Waals surface area contributed by atoms with Crippen LogP contribution < -0.4 is 5.32 Å². The quantitative estimate of drug-likeness (QED) is 0.596. The molecular formula is C12H26N2O. The first-order valence-electron chi connectivity index (χ1n) is 6.17. The number of carbonyl (C=O) groups excluding carboxylic acids is 1. The predicted molar refractivity (Wildman–Crippen MR) is 64.9 cm³/mol. The first-order valence-corrected chi connectivity index (χ1v) is 6.17. The van der Waals surface area contributed by atoms with Crippen LogP contribution in [0, 0.1) is 0 Å². The minimum absolute atomic E-state index is 0.0816. The van der Waals surface area contributed by atoms with Gasteiger partial charge in [0.15, 0.2) is 0 Å². The number of hydrogen-bond acceptors (Lipinski definition) is 2. The summed E-state index contributed by atoms with van der Waals surface area (Å²) in [4.78, 5) is 13.0. The van der Waals surface area contributed by atoms with Crippen LogP contribution in [0.15, 0.2) is 0 Å². The van der Waals surface area contributed by atoms with Crippen molar-refractivity contribution < 1.29 is 4.79 Å². The second kappa shape index (κ2) is 9.97. The summed E-state index contributed by atoms with van der Waals surface area (Å²) in [6, 6.07) is 0. The van der Waals surface area contributed by atoms with E-state index in [9.17, 15) is 4.79 Å². The summed E-state index contributed by atoms with van der Waals surface area (Å²) < 4.78 is 0. The third-order valence-electron chi connectivity index (χ3n) is 2.67. The van der Waals surface area contributed by atoms with Gasteiger partial charge in [0.2, 0.25) is 5.91 Å². The van der Waals surface area contributed by atoms with E-state index in [1.807, 2.05) is 0 Å². The molecule has 3 nitrogen and oxygen atoms in total. The summed E-state index contributed by atoms with van der Waals surface area (Å²) in [5.74, 6) is 0.0816. The monoisotopic (exact) mass is 214 g/mol. The van der Waals surface area contributed by atoms with Crippen LogP contribution in [0.1, 0.15) is 46.5 Å². The molecule has 0 aromatic heterocycles. The molecule has 0 rings (SSSR count). The van der Waals surface area contributed by atoms with Gasteiger partial charge in [0.05, 0.1) is 0 Å². The van der Waals surface area contributed by atoms with Crippen LogP contribution in [0.4, 0.5) is 0 Å². The van der Waals surface area contributed by atoms with Gasteiger partial charge < -0.3 is 10.2 Å².